The summed E-state index contributed by atoms with van der Waals surface area (Å²) in [4.78, 5) is 107. The summed E-state index contributed by atoms with van der Waals surface area (Å²) >= 11 is 1.35. The first-order valence-electron chi connectivity index (χ1n) is 39.8. The number of nitrogens with one attached hydrogen (secondary N) is 3. The van der Waals surface area contributed by atoms with Crippen LogP contribution in [0.15, 0.2) is 129 Å². The van der Waals surface area contributed by atoms with Crippen LogP contribution in [0.1, 0.15) is 193 Å². The molecule has 0 fully saturated rings. The van der Waals surface area contributed by atoms with E-state index in [9.17, 15) is 52.5 Å². The van der Waals surface area contributed by atoms with Gasteiger partial charge in [0.2, 0.25) is 11.9 Å². The third kappa shape index (κ3) is 19.8. The van der Waals surface area contributed by atoms with Crippen LogP contribution in [0.25, 0.3) is 50.6 Å². The fourth-order valence-corrected chi connectivity index (χ4v) is 14.5. The number of amides is 2. The molecule has 0 aliphatic carbocycles. The highest BCUT2D eigenvalue weighted by Crippen LogP contribution is 2.33. The minimum Gasteiger partial charge on any atom is -0.444 e. The maximum Gasteiger partial charge on any atom is 0.410 e. The van der Waals surface area contributed by atoms with Crippen LogP contribution >= 0.6 is 11.8 Å². The Morgan fingerprint density at radius 2 is 0.826 bits per heavy atom. The minimum absolute atomic E-state index is 0.0984. The van der Waals surface area contributed by atoms with Gasteiger partial charge in [0.05, 0.1) is 0 Å². The highest BCUT2D eigenvalue weighted by Gasteiger charge is 2.33. The molecule has 3 aliphatic rings. The molecular formula is C86H104F3N21O10S. The number of hydrogen-bond acceptors (Lipinski definition) is 24. The van der Waals surface area contributed by atoms with Gasteiger partial charge in [0.15, 0.2) is 39.6 Å². The molecule has 0 unspecified atom stereocenters. The van der Waals surface area contributed by atoms with E-state index in [0.29, 0.717) is 77.3 Å². The second-order valence-corrected chi connectivity index (χ2v) is 35.0. The Balaban J connectivity index is 0.000000154. The van der Waals surface area contributed by atoms with E-state index in [1.807, 2.05) is 132 Å². The molecule has 0 atom stereocenters. The van der Waals surface area contributed by atoms with Gasteiger partial charge in [-0.15, -0.1) is 0 Å². The van der Waals surface area contributed by atoms with E-state index in [2.05, 4.69) is 72.9 Å². The Morgan fingerprint density at radius 1 is 0.471 bits per heavy atom. The smallest absolute Gasteiger partial charge is 0.410 e. The zero-order valence-corrected chi connectivity index (χ0v) is 72.2. The number of carbonyl (C=O) groups is 2. The van der Waals surface area contributed by atoms with E-state index in [4.69, 9.17) is 15.2 Å². The molecule has 3 aliphatic heterocycles. The van der Waals surface area contributed by atoms with Crippen molar-refractivity contribution < 1.29 is 47.6 Å². The molecule has 15 rings (SSSR count). The molecule has 31 nitrogen and oxygen atoms in total. The molecular weight excluding hydrogens is 1580 g/mol. The summed E-state index contributed by atoms with van der Waals surface area (Å²) in [5.41, 5.74) is 9.36. The predicted molar refractivity (Wildman–Crippen MR) is 458 cm³/mol. The van der Waals surface area contributed by atoms with Gasteiger partial charge in [-0.2, -0.15) is 9.97 Å². The number of rotatable bonds is 14. The third-order valence-corrected chi connectivity index (χ3v) is 20.3. The fraction of sp³-hybridized carbons (Fsp3) is 0.419. The maximum absolute atomic E-state index is 14.6. The zero-order valence-electron chi connectivity index (χ0n) is 71.4. The number of nitrogen functional groups attached to an aromatic ring is 1. The summed E-state index contributed by atoms with van der Waals surface area (Å²) in [6, 6.07) is 25.2. The van der Waals surface area contributed by atoms with E-state index in [-0.39, 0.29) is 92.7 Å². The van der Waals surface area contributed by atoms with Gasteiger partial charge in [-0.05, 0) is 263 Å². The number of benzene rings is 3. The number of aliphatic hydroxyl groups is 3. The highest BCUT2D eigenvalue weighted by molar-refractivity contribution is 7.98. The lowest BCUT2D eigenvalue weighted by Gasteiger charge is -2.31. The number of fused-ring (bicyclic) bond motifs is 6. The Bertz CT molecular complexity index is 6120. The van der Waals surface area contributed by atoms with E-state index in [0.717, 1.165) is 54.0 Å². The van der Waals surface area contributed by atoms with Crippen molar-refractivity contribution in [1.82, 2.24) is 88.1 Å². The number of hydrogen-bond donors (Lipinski definition) is 7. The van der Waals surface area contributed by atoms with Crippen LogP contribution in [-0.4, -0.2) is 147 Å². The quantitative estimate of drug-likeness (QED) is 0.0302. The van der Waals surface area contributed by atoms with Gasteiger partial charge in [-0.25, -0.2) is 85.7 Å². The first-order chi connectivity index (χ1) is 56.7. The standard InChI is InChI=1S/C30H36FN7O4.C25H28FN7O2.C17H20FN5O2S.C14H20N2O2/c1-17(2)37-26(39)21-15-32-27(35-25(21)38(37)23-11-10-22(31)24(34-23)30(6,7)41)33-20-9-8-18-12-13-36(16-19(18)14-20)28(40)42-29(3,4)5;1-14(2)32-23(34)18-13-28-24(29-17-6-5-15-9-10-27-12-16(15)11-17)31-22(18)33(32)20-8-7-19(26)21(30-20)25(3,4)35;1-9(2)22-15(24)10-8-19-16(26-5)21-14(10)23(22)12-7-6-11(18)13(20-12)17(3,4)25;1-14(2,3)18-13(17)16-7-6-10-4-5-12(15)8-11(10)9-16/h8-11,14-15,17,41H,12-13,16H2,1-7H3,(H,32,33,35);5-8,11,13-14,27,35H,9-10,12H2,1-4H3,(H,28,29,31);6-9,25H,1-5H3;4-5,8H,6-7,9,15H2,1-3H3. The lowest BCUT2D eigenvalue weighted by atomic mass is 9.99. The minimum atomic E-state index is -1.54. The van der Waals surface area contributed by atoms with Gasteiger partial charge in [0.25, 0.3) is 16.7 Å². The highest BCUT2D eigenvalue weighted by atomic mass is 32.2. The lowest BCUT2D eigenvalue weighted by molar-refractivity contribution is 0.0214. The van der Waals surface area contributed by atoms with Crippen molar-refractivity contribution in [1.29, 1.82) is 0 Å². The van der Waals surface area contributed by atoms with Crippen molar-refractivity contribution in [2.75, 3.05) is 42.3 Å². The molecule has 3 aromatic carbocycles. The van der Waals surface area contributed by atoms with Crippen molar-refractivity contribution in [3.05, 3.63) is 209 Å². The molecule has 35 heteroatoms. The second-order valence-electron chi connectivity index (χ2n) is 34.3. The molecule has 12 aromatic rings. The predicted octanol–water partition coefficient (Wildman–Crippen LogP) is 13.5. The summed E-state index contributed by atoms with van der Waals surface area (Å²) in [5.74, 6) is -0.539. The molecule has 0 bridgehead atoms. The molecule has 0 spiro atoms. The normalized spacial score (nSPS) is 13.8. The van der Waals surface area contributed by atoms with Crippen LogP contribution in [0.4, 0.5) is 51.7 Å². The number of carbonyl (C=O) groups excluding carboxylic acids is 2. The number of halogens is 3. The number of aromatic nitrogens is 15. The van der Waals surface area contributed by atoms with Crippen LogP contribution in [0, 0.1) is 17.5 Å². The Labute approximate surface area is 701 Å². The first-order valence-corrected chi connectivity index (χ1v) is 41.0. The molecule has 8 N–H and O–H groups in total. The van der Waals surface area contributed by atoms with E-state index in [1.54, 1.807) is 19.2 Å². The van der Waals surface area contributed by atoms with E-state index >= 15 is 0 Å². The van der Waals surface area contributed by atoms with Crippen LogP contribution in [-0.2, 0) is 65.2 Å². The maximum atomic E-state index is 14.6. The monoisotopic (exact) mass is 1680 g/mol. The molecule has 0 radical (unpaired) electrons. The number of nitrogens with zero attached hydrogens (tertiary/aromatic N) is 17. The summed E-state index contributed by atoms with van der Waals surface area (Å²) < 4.78 is 63.2. The Kier molecular flexibility index (Phi) is 25.3. The molecule has 0 saturated heterocycles. The molecule has 12 heterocycles. The van der Waals surface area contributed by atoms with Gasteiger partial charge in [0, 0.05) is 86.5 Å². The van der Waals surface area contributed by atoms with Crippen LogP contribution < -0.4 is 38.4 Å². The van der Waals surface area contributed by atoms with Crippen molar-refractivity contribution in [3.8, 4) is 17.5 Å². The summed E-state index contributed by atoms with van der Waals surface area (Å²) in [6.45, 7) is 35.1. The Morgan fingerprint density at radius 3 is 1.20 bits per heavy atom. The zero-order chi connectivity index (χ0) is 88.0. The average Bonchev–Trinajstić information content (AvgIpc) is 1.61. The molecule has 2 amide bonds. The second kappa shape index (κ2) is 34.7. The summed E-state index contributed by atoms with van der Waals surface area (Å²) in [5, 5.41) is 42.4. The topological polar surface area (TPSA) is 379 Å². The molecule has 0 saturated carbocycles. The molecule has 9 aromatic heterocycles. The van der Waals surface area contributed by atoms with Gasteiger partial charge < -0.3 is 56.3 Å². The van der Waals surface area contributed by atoms with Gasteiger partial charge >= 0.3 is 12.2 Å². The van der Waals surface area contributed by atoms with Crippen LogP contribution in [0.2, 0.25) is 0 Å². The largest absolute Gasteiger partial charge is 0.444 e. The van der Waals surface area contributed by atoms with E-state index in [1.165, 1.54) is 144 Å². The number of nitrogens with two attached hydrogens (primary N) is 1. The van der Waals surface area contributed by atoms with Gasteiger partial charge in [-0.3, -0.25) is 14.4 Å². The van der Waals surface area contributed by atoms with Crippen molar-refractivity contribution >= 4 is 86.0 Å². The average molecular weight is 1680 g/mol. The van der Waals surface area contributed by atoms with Crippen LogP contribution in [0.5, 0.6) is 0 Å². The first kappa shape index (κ1) is 88.4. The number of thioether (sulfide) groups is 1. The van der Waals surface area contributed by atoms with Gasteiger partial charge in [-0.1, -0.05) is 30.0 Å². The lowest BCUT2D eigenvalue weighted by Crippen LogP contribution is -2.39. The number of pyridine rings is 3. The number of ether oxygens (including phenoxy) is 2. The van der Waals surface area contributed by atoms with E-state index < -0.39 is 45.5 Å². The molecule has 640 valence electrons. The van der Waals surface area contributed by atoms with Crippen LogP contribution in [0.3, 0.4) is 0 Å². The number of anilines is 5. The third-order valence-electron chi connectivity index (χ3n) is 19.8. The van der Waals surface area contributed by atoms with Gasteiger partial charge in [0.1, 0.15) is 78.7 Å². The summed E-state index contributed by atoms with van der Waals surface area (Å²) in [7, 11) is 0. The SMILES string of the molecule is CC(C)(C)OC(=O)N1CCc2ccc(N)cc2C1.CC(C)n1c(=O)c2cnc(Nc3ccc4c(c3)CN(C(=O)OC(C)(C)C)CC4)nc2n1-c1ccc(F)c(C(C)(C)O)n1.CC(C)n1c(=O)c2cnc(Nc3ccc4c(c3)CNCC4)nc2n1-c1ccc(F)c(C(C)(C)O)n1.CSc1ncc2c(=O)n(C(C)C)n(-c3ccc(F)c(C(C)(C)O)n3)c2n1. The van der Waals surface area contributed by atoms with Crippen molar-refractivity contribution in [2.24, 2.45) is 0 Å². The summed E-state index contributed by atoms with van der Waals surface area (Å²) in [6.07, 6.45) is 8.22. The van der Waals surface area contributed by atoms with Crippen molar-refractivity contribution in [3.63, 3.8) is 0 Å². The fourth-order valence-electron chi connectivity index (χ4n) is 14.2. The molecule has 121 heavy (non-hydrogen) atoms. The Hall–Kier alpha value is -11.9. The van der Waals surface area contributed by atoms with Crippen molar-refractivity contribution in [2.45, 2.75) is 215 Å².